The Morgan fingerprint density at radius 3 is 2.59 bits per heavy atom. The lowest BCUT2D eigenvalue weighted by atomic mass is 10.1. The maximum atomic E-state index is 12.9. The quantitative estimate of drug-likeness (QED) is 0.712. The van der Waals surface area contributed by atoms with Crippen LogP contribution < -0.4 is 0 Å². The average molecular weight is 362 g/mol. The number of amides is 1. The Hall–Kier alpha value is -2.66. The van der Waals surface area contributed by atoms with E-state index < -0.39 is 0 Å². The molecule has 1 aromatic heterocycles. The highest BCUT2D eigenvalue weighted by Gasteiger charge is 2.29. The van der Waals surface area contributed by atoms with E-state index in [2.05, 4.69) is 29.9 Å². The molecule has 4 rings (SSSR count). The van der Waals surface area contributed by atoms with E-state index in [0.717, 1.165) is 41.7 Å². The smallest absolute Gasteiger partial charge is 0.253 e. The van der Waals surface area contributed by atoms with Crippen LogP contribution in [0.25, 0.3) is 16.6 Å². The Labute approximate surface area is 160 Å². The van der Waals surface area contributed by atoms with Gasteiger partial charge >= 0.3 is 0 Å². The summed E-state index contributed by atoms with van der Waals surface area (Å²) in [5.74, 6) is 0.0856. The number of benzene rings is 2. The summed E-state index contributed by atoms with van der Waals surface area (Å²) in [7, 11) is 1.92. The van der Waals surface area contributed by atoms with Crippen LogP contribution in [0.15, 0.2) is 54.7 Å². The zero-order valence-corrected chi connectivity index (χ0v) is 16.2. The molecule has 1 aliphatic rings. The second kappa shape index (κ2) is 7.16. The summed E-state index contributed by atoms with van der Waals surface area (Å²) in [6.45, 7) is 6.44. The molecule has 2 heterocycles. The largest absolute Gasteiger partial charge is 0.337 e. The van der Waals surface area contributed by atoms with Crippen molar-refractivity contribution in [1.29, 1.82) is 0 Å². The number of para-hydroxylation sites is 1. The number of nitrogens with zero attached hydrogens (tertiary/aromatic N) is 4. The van der Waals surface area contributed by atoms with E-state index in [1.807, 2.05) is 65.3 Å². The molecular formula is C22H26N4O. The minimum Gasteiger partial charge on any atom is -0.337 e. The first-order chi connectivity index (χ1) is 13.0. The van der Waals surface area contributed by atoms with Crippen LogP contribution in [0.1, 0.15) is 30.6 Å². The van der Waals surface area contributed by atoms with E-state index in [1.54, 1.807) is 0 Å². The molecule has 5 nitrogen and oxygen atoms in total. The molecule has 27 heavy (non-hydrogen) atoms. The van der Waals surface area contributed by atoms with E-state index in [0.29, 0.717) is 6.04 Å². The normalized spacial score (nSPS) is 17.7. The second-order valence-corrected chi connectivity index (χ2v) is 7.61. The Morgan fingerprint density at radius 1 is 1.15 bits per heavy atom. The summed E-state index contributed by atoms with van der Waals surface area (Å²) >= 11 is 0. The predicted molar refractivity (Wildman–Crippen MR) is 108 cm³/mol. The van der Waals surface area contributed by atoms with Crippen molar-refractivity contribution in [2.75, 3.05) is 20.1 Å². The van der Waals surface area contributed by atoms with Gasteiger partial charge in [-0.25, -0.2) is 4.68 Å². The molecule has 0 N–H and O–H groups in total. The van der Waals surface area contributed by atoms with Crippen LogP contribution in [0.4, 0.5) is 0 Å². The Balaban J connectivity index is 1.51. The first kappa shape index (κ1) is 17.7. The number of hydrogen-bond donors (Lipinski definition) is 0. The van der Waals surface area contributed by atoms with Gasteiger partial charge in [-0.1, -0.05) is 18.2 Å². The third-order valence-corrected chi connectivity index (χ3v) is 5.63. The molecular weight excluding hydrogens is 336 g/mol. The molecule has 0 bridgehead atoms. The molecule has 1 atom stereocenters. The lowest BCUT2D eigenvalue weighted by Gasteiger charge is -2.26. The van der Waals surface area contributed by atoms with Gasteiger partial charge in [-0.15, -0.1) is 0 Å². The van der Waals surface area contributed by atoms with Crippen LogP contribution in [0, 0.1) is 0 Å². The highest BCUT2D eigenvalue weighted by atomic mass is 16.2. The molecule has 2 aromatic carbocycles. The number of hydrogen-bond acceptors (Lipinski definition) is 3. The first-order valence-electron chi connectivity index (χ1n) is 9.59. The topological polar surface area (TPSA) is 41.4 Å². The molecule has 0 spiro atoms. The van der Waals surface area contributed by atoms with Gasteiger partial charge in [0.25, 0.3) is 5.91 Å². The number of likely N-dealkylation sites (N-methyl/N-ethyl adjacent to an activating group) is 1. The third kappa shape index (κ3) is 3.35. The van der Waals surface area contributed by atoms with E-state index in [4.69, 9.17) is 0 Å². The number of likely N-dealkylation sites (tertiary alicyclic amines) is 1. The van der Waals surface area contributed by atoms with E-state index in [-0.39, 0.29) is 11.9 Å². The van der Waals surface area contributed by atoms with Crippen molar-refractivity contribution in [3.63, 3.8) is 0 Å². The number of aromatic nitrogens is 2. The average Bonchev–Trinajstić information content (AvgIpc) is 3.34. The van der Waals surface area contributed by atoms with Crippen LogP contribution in [0.2, 0.25) is 0 Å². The van der Waals surface area contributed by atoms with Crippen LogP contribution in [-0.4, -0.2) is 57.7 Å². The van der Waals surface area contributed by atoms with Crippen molar-refractivity contribution in [3.05, 3.63) is 60.3 Å². The molecule has 0 aliphatic carbocycles. The molecule has 3 aromatic rings. The maximum Gasteiger partial charge on any atom is 0.253 e. The lowest BCUT2D eigenvalue weighted by molar-refractivity contribution is 0.0732. The fourth-order valence-corrected chi connectivity index (χ4v) is 3.85. The van der Waals surface area contributed by atoms with Gasteiger partial charge in [0, 0.05) is 43.2 Å². The van der Waals surface area contributed by atoms with Gasteiger partial charge in [-0.3, -0.25) is 9.69 Å². The first-order valence-corrected chi connectivity index (χ1v) is 9.59. The molecule has 5 heteroatoms. The maximum absolute atomic E-state index is 12.9. The molecule has 0 unspecified atom stereocenters. The summed E-state index contributed by atoms with van der Waals surface area (Å²) in [5, 5.41) is 5.58. The minimum atomic E-state index is 0.0856. The number of carbonyl (C=O) groups is 1. The van der Waals surface area contributed by atoms with Crippen LogP contribution >= 0.6 is 0 Å². The molecule has 0 radical (unpaired) electrons. The highest BCUT2D eigenvalue weighted by Crippen LogP contribution is 2.21. The van der Waals surface area contributed by atoms with Crippen molar-refractivity contribution >= 4 is 16.8 Å². The van der Waals surface area contributed by atoms with Gasteiger partial charge in [0.2, 0.25) is 0 Å². The zero-order valence-electron chi connectivity index (χ0n) is 16.2. The second-order valence-electron chi connectivity index (χ2n) is 7.61. The molecule has 140 valence electrons. The van der Waals surface area contributed by atoms with Gasteiger partial charge in [0.15, 0.2) is 0 Å². The van der Waals surface area contributed by atoms with Crippen molar-refractivity contribution < 1.29 is 4.79 Å². The van der Waals surface area contributed by atoms with Crippen LogP contribution in [0.3, 0.4) is 0 Å². The van der Waals surface area contributed by atoms with Gasteiger partial charge < -0.3 is 4.90 Å². The Kier molecular flexibility index (Phi) is 4.70. The summed E-state index contributed by atoms with van der Waals surface area (Å²) < 4.78 is 1.91. The van der Waals surface area contributed by atoms with Crippen LogP contribution in [-0.2, 0) is 0 Å². The van der Waals surface area contributed by atoms with E-state index in [1.165, 1.54) is 0 Å². The predicted octanol–water partition coefficient (Wildman–Crippen LogP) is 3.58. The number of rotatable bonds is 4. The number of fused-ring (bicyclic) bond motifs is 1. The Morgan fingerprint density at radius 2 is 1.89 bits per heavy atom. The molecule has 1 aliphatic heterocycles. The summed E-state index contributed by atoms with van der Waals surface area (Å²) in [4.78, 5) is 17.2. The molecule has 1 fully saturated rings. The lowest BCUT2D eigenvalue weighted by Crippen LogP contribution is -2.40. The minimum absolute atomic E-state index is 0.0856. The van der Waals surface area contributed by atoms with Crippen LogP contribution in [0.5, 0.6) is 0 Å². The fourth-order valence-electron chi connectivity index (χ4n) is 3.85. The monoisotopic (exact) mass is 362 g/mol. The van der Waals surface area contributed by atoms with Gasteiger partial charge in [-0.2, -0.15) is 5.10 Å². The molecule has 1 saturated heterocycles. The molecule has 1 amide bonds. The van der Waals surface area contributed by atoms with Crippen molar-refractivity contribution in [2.45, 2.75) is 32.4 Å². The van der Waals surface area contributed by atoms with Gasteiger partial charge in [-0.05, 0) is 50.6 Å². The highest BCUT2D eigenvalue weighted by molar-refractivity contribution is 5.94. The van der Waals surface area contributed by atoms with E-state index in [9.17, 15) is 4.79 Å². The third-order valence-electron chi connectivity index (χ3n) is 5.63. The Bertz CT molecular complexity index is 944. The zero-order chi connectivity index (χ0) is 19.0. The van der Waals surface area contributed by atoms with Crippen molar-refractivity contribution in [1.82, 2.24) is 19.6 Å². The molecule has 0 saturated carbocycles. The SMILES string of the molecule is CC(C)N1CC[C@@H](N(C)C(=O)c2ccc(-n3ncc4ccccc43)cc2)C1. The van der Waals surface area contributed by atoms with Gasteiger partial charge in [0.1, 0.15) is 0 Å². The summed E-state index contributed by atoms with van der Waals surface area (Å²) in [6.07, 6.45) is 2.90. The van der Waals surface area contributed by atoms with Gasteiger partial charge in [0.05, 0.1) is 17.4 Å². The summed E-state index contributed by atoms with van der Waals surface area (Å²) in [6, 6.07) is 16.7. The number of carbonyl (C=O) groups excluding carboxylic acids is 1. The van der Waals surface area contributed by atoms with E-state index >= 15 is 0 Å². The van der Waals surface area contributed by atoms with Crippen molar-refractivity contribution in [2.24, 2.45) is 0 Å². The van der Waals surface area contributed by atoms with Crippen molar-refractivity contribution in [3.8, 4) is 5.69 Å². The standard InChI is InChI=1S/C22H26N4O/c1-16(2)25-13-12-20(15-25)24(3)22(27)17-8-10-19(11-9-17)26-21-7-5-4-6-18(21)14-23-26/h4-11,14,16,20H,12-13,15H2,1-3H3/t20-/m1/s1. The fraction of sp³-hybridized carbons (Fsp3) is 0.364. The summed E-state index contributed by atoms with van der Waals surface area (Å²) in [5.41, 5.74) is 2.75.